The lowest BCUT2D eigenvalue weighted by Gasteiger charge is -2.04. The van der Waals surface area contributed by atoms with Crippen molar-refractivity contribution in [1.29, 1.82) is 0 Å². The summed E-state index contributed by atoms with van der Waals surface area (Å²) in [6.07, 6.45) is 8.14. The molecule has 0 aromatic carbocycles. The molecule has 1 aliphatic carbocycles. The fourth-order valence-electron chi connectivity index (χ4n) is 1.45. The zero-order chi connectivity index (χ0) is 7.90. The maximum atomic E-state index is 11.3. The van der Waals surface area contributed by atoms with Gasteiger partial charge < -0.3 is 4.74 Å². The average Bonchev–Trinajstić information content (AvgIpc) is 2.78. The van der Waals surface area contributed by atoms with Crippen molar-refractivity contribution in [2.75, 3.05) is 0 Å². The van der Waals surface area contributed by atoms with E-state index < -0.39 is 5.60 Å². The molecular weight excluding hydrogens is 140 g/mol. The molecule has 0 bridgehead atoms. The minimum absolute atomic E-state index is 0.0277. The summed E-state index contributed by atoms with van der Waals surface area (Å²) in [4.78, 5) is 11.3. The number of ether oxygens (including phenoxy) is 1. The van der Waals surface area contributed by atoms with Crippen molar-refractivity contribution < 1.29 is 9.53 Å². The standard InChI is InChI=1S/C9H10O2/c1-2-7(10)9-6-4-3-5-8(9)11-9/h3-6,8H,2H2,1H3. The van der Waals surface area contributed by atoms with E-state index in [1.165, 1.54) is 0 Å². The van der Waals surface area contributed by atoms with Crippen molar-refractivity contribution in [3.63, 3.8) is 0 Å². The largest absolute Gasteiger partial charge is 0.349 e. The zero-order valence-electron chi connectivity index (χ0n) is 6.41. The molecule has 1 heterocycles. The Hall–Kier alpha value is -0.890. The minimum Gasteiger partial charge on any atom is -0.349 e. The van der Waals surface area contributed by atoms with Gasteiger partial charge in [0.05, 0.1) is 0 Å². The molecule has 0 spiro atoms. The molecule has 2 atom stereocenters. The molecule has 2 nitrogen and oxygen atoms in total. The molecule has 2 rings (SSSR count). The summed E-state index contributed by atoms with van der Waals surface area (Å²) in [5.41, 5.74) is -0.552. The first kappa shape index (κ1) is 6.80. The number of fused-ring (bicyclic) bond motifs is 1. The van der Waals surface area contributed by atoms with Crippen LogP contribution in [0.15, 0.2) is 24.3 Å². The molecule has 0 saturated carbocycles. The highest BCUT2D eigenvalue weighted by molar-refractivity contribution is 5.93. The Morgan fingerprint density at radius 1 is 1.64 bits per heavy atom. The number of Topliss-reactive ketones (excluding diaryl/α,β-unsaturated/α-hetero) is 1. The minimum atomic E-state index is -0.552. The van der Waals surface area contributed by atoms with Gasteiger partial charge in [0.1, 0.15) is 6.10 Å². The quantitative estimate of drug-likeness (QED) is 0.554. The second kappa shape index (κ2) is 2.05. The van der Waals surface area contributed by atoms with E-state index in [2.05, 4.69) is 0 Å². The highest BCUT2D eigenvalue weighted by Crippen LogP contribution is 2.42. The van der Waals surface area contributed by atoms with Crippen molar-refractivity contribution in [2.45, 2.75) is 25.0 Å². The van der Waals surface area contributed by atoms with Gasteiger partial charge in [-0.25, -0.2) is 0 Å². The summed E-state index contributed by atoms with van der Waals surface area (Å²) < 4.78 is 5.29. The molecule has 0 aromatic rings. The Balaban J connectivity index is 2.22. The van der Waals surface area contributed by atoms with Crippen LogP contribution in [0.3, 0.4) is 0 Å². The van der Waals surface area contributed by atoms with Crippen molar-refractivity contribution >= 4 is 5.78 Å². The number of carbonyl (C=O) groups is 1. The first-order valence-electron chi connectivity index (χ1n) is 3.87. The monoisotopic (exact) mass is 150 g/mol. The van der Waals surface area contributed by atoms with E-state index in [1.54, 1.807) is 0 Å². The van der Waals surface area contributed by atoms with Crippen molar-refractivity contribution in [1.82, 2.24) is 0 Å². The van der Waals surface area contributed by atoms with Crippen LogP contribution in [-0.4, -0.2) is 17.5 Å². The maximum absolute atomic E-state index is 11.3. The van der Waals surface area contributed by atoms with Crippen LogP contribution in [0.4, 0.5) is 0 Å². The predicted octanol–water partition coefficient (Wildman–Crippen LogP) is 1.23. The normalized spacial score (nSPS) is 38.5. The number of ketones is 1. The number of hydrogen-bond acceptors (Lipinski definition) is 2. The maximum Gasteiger partial charge on any atom is 0.175 e. The first-order chi connectivity index (χ1) is 5.29. The Labute approximate surface area is 65.5 Å². The smallest absolute Gasteiger partial charge is 0.175 e. The molecule has 2 aliphatic rings. The van der Waals surface area contributed by atoms with Crippen LogP contribution in [0.1, 0.15) is 13.3 Å². The Bertz CT molecular complexity index is 252. The molecule has 2 unspecified atom stereocenters. The van der Waals surface area contributed by atoms with Gasteiger partial charge in [0.15, 0.2) is 11.4 Å². The molecule has 58 valence electrons. The van der Waals surface area contributed by atoms with Gasteiger partial charge in [-0.1, -0.05) is 25.2 Å². The predicted molar refractivity (Wildman–Crippen MR) is 41.2 cm³/mol. The van der Waals surface area contributed by atoms with Gasteiger partial charge in [-0.2, -0.15) is 0 Å². The molecule has 1 saturated heterocycles. The van der Waals surface area contributed by atoms with E-state index >= 15 is 0 Å². The molecule has 2 heteroatoms. The SMILES string of the molecule is CCC(=O)C12C=CC=CC1O2. The lowest BCUT2D eigenvalue weighted by Crippen LogP contribution is -2.24. The second-order valence-electron chi connectivity index (χ2n) is 2.85. The fraction of sp³-hybridized carbons (Fsp3) is 0.444. The Morgan fingerprint density at radius 2 is 2.45 bits per heavy atom. The van der Waals surface area contributed by atoms with E-state index in [1.807, 2.05) is 31.2 Å². The third-order valence-corrected chi connectivity index (χ3v) is 2.19. The number of epoxide rings is 1. The van der Waals surface area contributed by atoms with Crippen molar-refractivity contribution in [2.24, 2.45) is 0 Å². The van der Waals surface area contributed by atoms with Crippen LogP contribution < -0.4 is 0 Å². The average molecular weight is 150 g/mol. The number of allylic oxidation sites excluding steroid dienone is 2. The van der Waals surface area contributed by atoms with Gasteiger partial charge in [-0.3, -0.25) is 4.79 Å². The zero-order valence-corrected chi connectivity index (χ0v) is 6.41. The topological polar surface area (TPSA) is 29.6 Å². The summed E-state index contributed by atoms with van der Waals surface area (Å²) in [6, 6.07) is 0. The van der Waals surface area contributed by atoms with E-state index in [0.717, 1.165) is 0 Å². The highest BCUT2D eigenvalue weighted by Gasteiger charge is 2.58. The van der Waals surface area contributed by atoms with Gasteiger partial charge in [-0.15, -0.1) is 0 Å². The van der Waals surface area contributed by atoms with Crippen LogP contribution in [0, 0.1) is 0 Å². The molecular formula is C9H10O2. The van der Waals surface area contributed by atoms with Crippen LogP contribution in [0.25, 0.3) is 0 Å². The van der Waals surface area contributed by atoms with Gasteiger partial charge in [-0.05, 0) is 6.08 Å². The molecule has 0 radical (unpaired) electrons. The summed E-state index contributed by atoms with van der Waals surface area (Å²) in [5.74, 6) is 0.183. The summed E-state index contributed by atoms with van der Waals surface area (Å²) in [7, 11) is 0. The first-order valence-corrected chi connectivity index (χ1v) is 3.87. The summed E-state index contributed by atoms with van der Waals surface area (Å²) >= 11 is 0. The number of rotatable bonds is 2. The third kappa shape index (κ3) is 0.792. The fourth-order valence-corrected chi connectivity index (χ4v) is 1.45. The van der Waals surface area contributed by atoms with Gasteiger partial charge in [0, 0.05) is 6.42 Å². The Kier molecular flexibility index (Phi) is 1.26. The van der Waals surface area contributed by atoms with Crippen molar-refractivity contribution in [3.8, 4) is 0 Å². The molecule has 0 amide bonds. The van der Waals surface area contributed by atoms with Gasteiger partial charge in [0.25, 0.3) is 0 Å². The van der Waals surface area contributed by atoms with E-state index in [4.69, 9.17) is 4.74 Å². The molecule has 0 aromatic heterocycles. The van der Waals surface area contributed by atoms with E-state index in [9.17, 15) is 4.79 Å². The van der Waals surface area contributed by atoms with Crippen LogP contribution in [-0.2, 0) is 9.53 Å². The van der Waals surface area contributed by atoms with E-state index in [-0.39, 0.29) is 11.9 Å². The van der Waals surface area contributed by atoms with Crippen LogP contribution in [0.2, 0.25) is 0 Å². The van der Waals surface area contributed by atoms with E-state index in [0.29, 0.717) is 6.42 Å². The molecule has 1 aliphatic heterocycles. The van der Waals surface area contributed by atoms with Crippen LogP contribution >= 0.6 is 0 Å². The second-order valence-corrected chi connectivity index (χ2v) is 2.85. The lowest BCUT2D eigenvalue weighted by molar-refractivity contribution is -0.122. The molecule has 1 fully saturated rings. The summed E-state index contributed by atoms with van der Waals surface area (Å²) in [5, 5.41) is 0. The van der Waals surface area contributed by atoms with Gasteiger partial charge in [0.2, 0.25) is 0 Å². The number of carbonyl (C=O) groups excluding carboxylic acids is 1. The lowest BCUT2D eigenvalue weighted by atomic mass is 9.94. The Morgan fingerprint density at radius 3 is 3.09 bits per heavy atom. The van der Waals surface area contributed by atoms with Crippen LogP contribution in [0.5, 0.6) is 0 Å². The third-order valence-electron chi connectivity index (χ3n) is 2.19. The van der Waals surface area contributed by atoms with Crippen molar-refractivity contribution in [3.05, 3.63) is 24.3 Å². The molecule has 11 heavy (non-hydrogen) atoms. The van der Waals surface area contributed by atoms with Gasteiger partial charge >= 0.3 is 0 Å². The summed E-state index contributed by atoms with van der Waals surface area (Å²) in [6.45, 7) is 1.86. The molecule has 0 N–H and O–H groups in total. The highest BCUT2D eigenvalue weighted by atomic mass is 16.6. The number of hydrogen-bond donors (Lipinski definition) is 0.